The molecule has 0 fully saturated rings. The van der Waals surface area contributed by atoms with Crippen LogP contribution < -0.4 is 5.32 Å². The summed E-state index contributed by atoms with van der Waals surface area (Å²) in [6, 6.07) is 11.6. The maximum absolute atomic E-state index is 13.7. The fourth-order valence-electron chi connectivity index (χ4n) is 1.93. The van der Waals surface area contributed by atoms with Gasteiger partial charge in [0.1, 0.15) is 5.82 Å². The Hall–Kier alpha value is -2.07. The summed E-state index contributed by atoms with van der Waals surface area (Å²) in [5, 5.41) is 3.07. The van der Waals surface area contributed by atoms with E-state index in [1.165, 1.54) is 17.0 Å². The van der Waals surface area contributed by atoms with E-state index in [4.69, 9.17) is 11.6 Å². The molecule has 0 heterocycles. The van der Waals surface area contributed by atoms with E-state index in [2.05, 4.69) is 5.32 Å². The van der Waals surface area contributed by atoms with Crippen LogP contribution in [0.15, 0.2) is 42.5 Å². The van der Waals surface area contributed by atoms with E-state index in [1.807, 2.05) is 25.1 Å². The average Bonchev–Trinajstić information content (AvgIpc) is 2.43. The lowest BCUT2D eigenvalue weighted by molar-refractivity contribution is 0.220. The van der Waals surface area contributed by atoms with Gasteiger partial charge in [-0.3, -0.25) is 0 Å². The minimum Gasteiger partial charge on any atom is -0.323 e. The monoisotopic (exact) mass is 306 g/mol. The molecule has 0 saturated heterocycles. The Kier molecular flexibility index (Phi) is 4.81. The molecule has 2 rings (SSSR count). The molecule has 0 aromatic heterocycles. The van der Waals surface area contributed by atoms with Crippen molar-refractivity contribution in [2.45, 2.75) is 13.5 Å². The van der Waals surface area contributed by atoms with E-state index in [0.29, 0.717) is 16.3 Å². The molecule has 0 unspecified atom stereocenters. The highest BCUT2D eigenvalue weighted by atomic mass is 35.5. The zero-order chi connectivity index (χ0) is 15.4. The van der Waals surface area contributed by atoms with E-state index in [1.54, 1.807) is 19.2 Å². The summed E-state index contributed by atoms with van der Waals surface area (Å²) in [6.07, 6.45) is 0. The molecule has 2 aromatic carbocycles. The number of amides is 2. The Morgan fingerprint density at radius 2 is 2.00 bits per heavy atom. The van der Waals surface area contributed by atoms with Gasteiger partial charge in [0.05, 0.1) is 6.54 Å². The number of urea groups is 1. The number of benzene rings is 2. The number of halogens is 2. The molecule has 3 nitrogen and oxygen atoms in total. The minimum atomic E-state index is -0.419. The number of nitrogens with one attached hydrogen (secondary N) is 1. The summed E-state index contributed by atoms with van der Waals surface area (Å²) in [7, 11) is 1.59. The fraction of sp³-hybridized carbons (Fsp3) is 0.188. The molecule has 2 aromatic rings. The Morgan fingerprint density at radius 1 is 1.29 bits per heavy atom. The Labute approximate surface area is 128 Å². The first-order valence-corrected chi connectivity index (χ1v) is 6.87. The van der Waals surface area contributed by atoms with Crippen molar-refractivity contribution in [2.24, 2.45) is 0 Å². The number of rotatable bonds is 3. The lowest BCUT2D eigenvalue weighted by Gasteiger charge is -2.19. The second-order valence-electron chi connectivity index (χ2n) is 4.86. The number of carbonyl (C=O) groups excluding carboxylic acids is 1. The zero-order valence-corrected chi connectivity index (χ0v) is 12.6. The summed E-state index contributed by atoms with van der Waals surface area (Å²) < 4.78 is 13.7. The van der Waals surface area contributed by atoms with Crippen LogP contribution in [0.3, 0.4) is 0 Å². The highest BCUT2D eigenvalue weighted by molar-refractivity contribution is 6.31. The number of hydrogen-bond donors (Lipinski definition) is 1. The predicted octanol–water partition coefficient (Wildman–Crippen LogP) is 4.45. The van der Waals surface area contributed by atoms with Gasteiger partial charge in [-0.15, -0.1) is 0 Å². The maximum atomic E-state index is 13.7. The van der Waals surface area contributed by atoms with Crippen molar-refractivity contribution in [3.8, 4) is 0 Å². The van der Waals surface area contributed by atoms with Crippen molar-refractivity contribution >= 4 is 23.3 Å². The molecule has 1 N–H and O–H groups in total. The van der Waals surface area contributed by atoms with Crippen molar-refractivity contribution < 1.29 is 9.18 Å². The van der Waals surface area contributed by atoms with Crippen molar-refractivity contribution in [3.63, 3.8) is 0 Å². The molecule has 2 amide bonds. The molecule has 0 aliphatic rings. The van der Waals surface area contributed by atoms with Crippen LogP contribution in [-0.4, -0.2) is 18.0 Å². The van der Waals surface area contributed by atoms with Gasteiger partial charge in [-0.25, -0.2) is 9.18 Å². The largest absolute Gasteiger partial charge is 0.323 e. The van der Waals surface area contributed by atoms with Crippen molar-refractivity contribution in [2.75, 3.05) is 12.4 Å². The van der Waals surface area contributed by atoms with Gasteiger partial charge in [0.25, 0.3) is 0 Å². The number of nitrogens with zero attached hydrogens (tertiary/aromatic N) is 1. The summed E-state index contributed by atoms with van der Waals surface area (Å²) in [5.41, 5.74) is 2.06. The average molecular weight is 307 g/mol. The lowest BCUT2D eigenvalue weighted by Crippen LogP contribution is -2.31. The number of aryl methyl sites for hydroxylation is 1. The van der Waals surface area contributed by atoms with Crippen molar-refractivity contribution in [3.05, 3.63) is 64.4 Å². The minimum absolute atomic E-state index is 0.100. The van der Waals surface area contributed by atoms with Gasteiger partial charge < -0.3 is 10.2 Å². The molecule has 21 heavy (non-hydrogen) atoms. The quantitative estimate of drug-likeness (QED) is 0.892. The van der Waals surface area contributed by atoms with Gasteiger partial charge in [-0.05, 0) is 36.8 Å². The van der Waals surface area contributed by atoms with Crippen LogP contribution in [0.5, 0.6) is 0 Å². The van der Waals surface area contributed by atoms with Crippen LogP contribution in [0.4, 0.5) is 14.9 Å². The SMILES string of the molecule is Cc1cccc(NC(=O)N(C)Cc2c(F)cccc2Cl)c1. The van der Waals surface area contributed by atoms with Crippen LogP contribution in [0.1, 0.15) is 11.1 Å². The third kappa shape index (κ3) is 3.95. The van der Waals surface area contributed by atoms with Gasteiger partial charge in [0, 0.05) is 23.3 Å². The molecule has 0 bridgehead atoms. The molecule has 0 atom stereocenters. The predicted molar refractivity (Wildman–Crippen MR) is 83.1 cm³/mol. The Morgan fingerprint density at radius 3 is 2.67 bits per heavy atom. The zero-order valence-electron chi connectivity index (χ0n) is 11.9. The first-order chi connectivity index (χ1) is 9.97. The van der Waals surface area contributed by atoms with Gasteiger partial charge in [0.15, 0.2) is 0 Å². The standard InChI is InChI=1S/C16H16ClFN2O/c1-11-5-3-6-12(9-11)19-16(21)20(2)10-13-14(17)7-4-8-15(13)18/h3-9H,10H2,1-2H3,(H,19,21). The molecule has 0 spiro atoms. The molecule has 0 radical (unpaired) electrons. The summed E-state index contributed by atoms with van der Waals surface area (Å²) in [4.78, 5) is 13.5. The third-order valence-corrected chi connectivity index (χ3v) is 3.43. The van der Waals surface area contributed by atoms with E-state index in [9.17, 15) is 9.18 Å². The topological polar surface area (TPSA) is 32.3 Å². The second-order valence-corrected chi connectivity index (χ2v) is 5.26. The molecule has 5 heteroatoms. The smallest absolute Gasteiger partial charge is 0.321 e. The highest BCUT2D eigenvalue weighted by Gasteiger charge is 2.14. The number of hydrogen-bond acceptors (Lipinski definition) is 1. The van der Waals surface area contributed by atoms with E-state index in [-0.39, 0.29) is 12.6 Å². The summed E-state index contributed by atoms with van der Waals surface area (Å²) in [6.45, 7) is 2.04. The van der Waals surface area contributed by atoms with E-state index >= 15 is 0 Å². The summed E-state index contributed by atoms with van der Waals surface area (Å²) in [5.74, 6) is -0.419. The van der Waals surface area contributed by atoms with E-state index in [0.717, 1.165) is 5.56 Å². The first-order valence-electron chi connectivity index (χ1n) is 6.49. The fourth-order valence-corrected chi connectivity index (χ4v) is 2.16. The van der Waals surface area contributed by atoms with Crippen LogP contribution in [0.2, 0.25) is 5.02 Å². The normalized spacial score (nSPS) is 10.3. The molecule has 0 aliphatic carbocycles. The van der Waals surface area contributed by atoms with E-state index < -0.39 is 5.82 Å². The molecule has 0 aliphatic heterocycles. The molecule has 110 valence electrons. The van der Waals surface area contributed by atoms with Crippen LogP contribution in [0, 0.1) is 12.7 Å². The van der Waals surface area contributed by atoms with Crippen molar-refractivity contribution in [1.82, 2.24) is 4.90 Å². The number of anilines is 1. The molecular weight excluding hydrogens is 291 g/mol. The van der Waals surface area contributed by atoms with Gasteiger partial charge >= 0.3 is 6.03 Å². The maximum Gasteiger partial charge on any atom is 0.321 e. The van der Waals surface area contributed by atoms with Crippen LogP contribution >= 0.6 is 11.6 Å². The van der Waals surface area contributed by atoms with Crippen LogP contribution in [0.25, 0.3) is 0 Å². The summed E-state index contributed by atoms with van der Waals surface area (Å²) >= 11 is 5.96. The number of carbonyl (C=O) groups is 1. The van der Waals surface area contributed by atoms with Gasteiger partial charge in [-0.1, -0.05) is 29.8 Å². The highest BCUT2D eigenvalue weighted by Crippen LogP contribution is 2.20. The van der Waals surface area contributed by atoms with Crippen molar-refractivity contribution in [1.29, 1.82) is 0 Å². The van der Waals surface area contributed by atoms with Gasteiger partial charge in [0.2, 0.25) is 0 Å². The lowest BCUT2D eigenvalue weighted by atomic mass is 10.2. The van der Waals surface area contributed by atoms with Crippen LogP contribution in [-0.2, 0) is 6.54 Å². The molecular formula is C16H16ClFN2O. The third-order valence-electron chi connectivity index (χ3n) is 3.07. The Balaban J connectivity index is 2.06. The second kappa shape index (κ2) is 6.59. The first kappa shape index (κ1) is 15.3. The molecule has 0 saturated carbocycles. The Bertz CT molecular complexity index is 640. The van der Waals surface area contributed by atoms with Gasteiger partial charge in [-0.2, -0.15) is 0 Å².